The number of fused-ring (bicyclic) bond motifs is 2. The van der Waals surface area contributed by atoms with E-state index in [1.165, 1.54) is 138 Å². The van der Waals surface area contributed by atoms with Crippen molar-refractivity contribution in [2.75, 3.05) is 13.1 Å². The minimum atomic E-state index is 0.675. The van der Waals surface area contributed by atoms with Crippen molar-refractivity contribution in [3.05, 3.63) is 47.8 Å². The highest BCUT2D eigenvalue weighted by Gasteiger charge is 2.30. The maximum atomic E-state index is 5.59. The topological polar surface area (TPSA) is 31.2 Å². The zero-order valence-corrected chi connectivity index (χ0v) is 26.3. The van der Waals surface area contributed by atoms with E-state index in [4.69, 9.17) is 9.98 Å². The summed E-state index contributed by atoms with van der Waals surface area (Å²) in [7, 11) is 0. The van der Waals surface area contributed by atoms with Gasteiger partial charge in [-0.3, -0.25) is 0 Å². The quantitative estimate of drug-likeness (QED) is 0.230. The van der Waals surface area contributed by atoms with Crippen molar-refractivity contribution < 1.29 is 0 Å². The van der Waals surface area contributed by atoms with Gasteiger partial charge in [0.15, 0.2) is 0 Å². The van der Waals surface area contributed by atoms with E-state index in [9.17, 15) is 0 Å². The van der Waals surface area contributed by atoms with Crippen molar-refractivity contribution in [1.29, 1.82) is 0 Å². The maximum absolute atomic E-state index is 5.59. The van der Waals surface area contributed by atoms with Gasteiger partial charge in [-0.1, -0.05) is 62.8 Å². The van der Waals surface area contributed by atoms with Crippen molar-refractivity contribution in [2.24, 2.45) is 9.98 Å². The fraction of sp³-hybridized carbons (Fsp3) is 0.500. The largest absolute Gasteiger partial charge is 0.357 e. The third-order valence-corrected chi connectivity index (χ3v) is 12.2. The first-order valence-electron chi connectivity index (χ1n) is 16.5. The normalized spacial score (nSPS) is 23.0. The molecule has 0 amide bonds. The standard InChI is InChI=1S/C36H42N4S2/c1-3-12-26(13-4-1)39-22-9-19-31(39)37-29-17-8-18-30-34(29)33(28-16-7-11-25-21-24-41-35(25)28)36(42-30)38-32-20-10-23-40(32)27-14-5-2-6-15-27/h7-8,11,16-18,21,24,26-27H,1-6,9-10,12-15,19-20,22-23H2. The average Bonchev–Trinajstić information content (AvgIpc) is 3.85. The summed E-state index contributed by atoms with van der Waals surface area (Å²) in [5, 5.41) is 6.03. The molecule has 0 spiro atoms. The maximum Gasteiger partial charge on any atom is 0.127 e. The Kier molecular flexibility index (Phi) is 7.53. The van der Waals surface area contributed by atoms with Crippen LogP contribution in [0.1, 0.15) is 89.9 Å². The lowest BCUT2D eigenvalue weighted by atomic mass is 9.94. The summed E-state index contributed by atoms with van der Waals surface area (Å²) in [6.07, 6.45) is 18.2. The smallest absolute Gasteiger partial charge is 0.127 e. The molecule has 2 aliphatic heterocycles. The van der Waals surface area contributed by atoms with Crippen molar-refractivity contribution in [3.63, 3.8) is 0 Å². The van der Waals surface area contributed by atoms with Crippen molar-refractivity contribution in [1.82, 2.24) is 9.80 Å². The van der Waals surface area contributed by atoms with Crippen molar-refractivity contribution in [3.8, 4) is 11.1 Å². The summed E-state index contributed by atoms with van der Waals surface area (Å²) in [6, 6.07) is 17.2. The second kappa shape index (κ2) is 11.8. The molecule has 2 aromatic heterocycles. The van der Waals surface area contributed by atoms with Crippen LogP contribution in [0.3, 0.4) is 0 Å². The average molecular weight is 595 g/mol. The van der Waals surface area contributed by atoms with Crippen LogP contribution in [-0.2, 0) is 0 Å². The van der Waals surface area contributed by atoms with E-state index in [1.807, 2.05) is 22.7 Å². The molecule has 0 bridgehead atoms. The Bertz CT molecular complexity index is 1630. The van der Waals surface area contributed by atoms with Crippen LogP contribution in [0.4, 0.5) is 10.7 Å². The molecule has 4 fully saturated rings. The molecule has 2 saturated heterocycles. The second-order valence-electron chi connectivity index (χ2n) is 12.8. The number of benzene rings is 2. The molecular formula is C36H42N4S2. The van der Waals surface area contributed by atoms with Gasteiger partial charge < -0.3 is 9.80 Å². The Hall–Kier alpha value is -2.70. The monoisotopic (exact) mass is 594 g/mol. The Balaban J connectivity index is 1.28. The minimum absolute atomic E-state index is 0.675. The molecular weight excluding hydrogens is 553 g/mol. The highest BCUT2D eigenvalue weighted by molar-refractivity contribution is 7.23. The molecule has 0 radical (unpaired) electrons. The van der Waals surface area contributed by atoms with Crippen LogP contribution < -0.4 is 0 Å². The van der Waals surface area contributed by atoms with E-state index in [1.54, 1.807) is 0 Å². The molecule has 4 nitrogen and oxygen atoms in total. The number of amidine groups is 2. The van der Waals surface area contributed by atoms with E-state index >= 15 is 0 Å². The van der Waals surface area contributed by atoms with Crippen LogP contribution in [0, 0.1) is 0 Å². The molecule has 2 saturated carbocycles. The van der Waals surface area contributed by atoms with Gasteiger partial charge in [-0.2, -0.15) is 0 Å². The highest BCUT2D eigenvalue weighted by Crippen LogP contribution is 2.51. The van der Waals surface area contributed by atoms with Gasteiger partial charge in [-0.25, -0.2) is 9.98 Å². The second-order valence-corrected chi connectivity index (χ2v) is 14.8. The minimum Gasteiger partial charge on any atom is -0.357 e. The summed E-state index contributed by atoms with van der Waals surface area (Å²) in [6.45, 7) is 2.33. The summed E-state index contributed by atoms with van der Waals surface area (Å²) < 4.78 is 2.67. The van der Waals surface area contributed by atoms with Crippen molar-refractivity contribution >= 4 is 65.2 Å². The number of hydrogen-bond donors (Lipinski definition) is 0. The molecule has 6 heteroatoms. The van der Waals surface area contributed by atoms with Gasteiger partial charge in [0.1, 0.15) is 16.7 Å². The number of hydrogen-bond acceptors (Lipinski definition) is 4. The predicted octanol–water partition coefficient (Wildman–Crippen LogP) is 10.7. The molecule has 2 aromatic carbocycles. The predicted molar refractivity (Wildman–Crippen MR) is 182 cm³/mol. The Labute approximate surface area is 258 Å². The first-order chi connectivity index (χ1) is 20.8. The first kappa shape index (κ1) is 26.9. The zero-order chi connectivity index (χ0) is 27.9. The number of nitrogens with zero attached hydrogens (tertiary/aromatic N) is 4. The Morgan fingerprint density at radius 1 is 0.667 bits per heavy atom. The van der Waals surface area contributed by atoms with Crippen LogP contribution >= 0.6 is 22.7 Å². The van der Waals surface area contributed by atoms with Crippen LogP contribution in [0.5, 0.6) is 0 Å². The van der Waals surface area contributed by atoms with E-state index < -0.39 is 0 Å². The summed E-state index contributed by atoms with van der Waals surface area (Å²) in [5.74, 6) is 2.63. The van der Waals surface area contributed by atoms with Crippen LogP contribution in [-0.4, -0.2) is 46.6 Å². The fourth-order valence-corrected chi connectivity index (χ4v) is 10.2. The molecule has 218 valence electrons. The molecule has 42 heavy (non-hydrogen) atoms. The molecule has 4 heterocycles. The fourth-order valence-electron chi connectivity index (χ4n) is 8.16. The van der Waals surface area contributed by atoms with Gasteiger partial charge in [-0.05, 0) is 67.5 Å². The van der Waals surface area contributed by atoms with E-state index in [2.05, 4.69) is 57.6 Å². The van der Waals surface area contributed by atoms with Crippen molar-refractivity contribution in [2.45, 2.75) is 102 Å². The SMILES string of the molecule is c1cc(-c2c(N=C3CCCN3C3CCCCC3)sc3cccc(N=C4CCCN4C4CCCCC4)c23)c2sccc2c1. The zero-order valence-electron chi connectivity index (χ0n) is 24.7. The van der Waals surface area contributed by atoms with Gasteiger partial charge >= 0.3 is 0 Å². The van der Waals surface area contributed by atoms with Crippen LogP contribution in [0.15, 0.2) is 57.8 Å². The molecule has 4 aromatic rings. The lowest BCUT2D eigenvalue weighted by molar-refractivity contribution is 0.258. The van der Waals surface area contributed by atoms with Gasteiger partial charge in [0.05, 0.1) is 5.69 Å². The molecule has 0 N–H and O–H groups in total. The molecule has 4 aliphatic rings. The lowest BCUT2D eigenvalue weighted by Crippen LogP contribution is -2.37. The number of likely N-dealkylation sites (tertiary alicyclic amines) is 2. The molecule has 2 aliphatic carbocycles. The van der Waals surface area contributed by atoms with E-state index in [-0.39, 0.29) is 0 Å². The number of thiophene rings is 2. The van der Waals surface area contributed by atoms with E-state index in [0.29, 0.717) is 12.1 Å². The lowest BCUT2D eigenvalue weighted by Gasteiger charge is -2.33. The van der Waals surface area contributed by atoms with Gasteiger partial charge in [0.25, 0.3) is 0 Å². The highest BCUT2D eigenvalue weighted by atomic mass is 32.1. The van der Waals surface area contributed by atoms with E-state index in [0.717, 1.165) is 18.5 Å². The number of aliphatic imine (C=N–C) groups is 2. The Morgan fingerprint density at radius 2 is 1.33 bits per heavy atom. The molecule has 0 unspecified atom stereocenters. The summed E-state index contributed by atoms with van der Waals surface area (Å²) in [4.78, 5) is 16.5. The third-order valence-electron chi connectivity index (χ3n) is 10.2. The summed E-state index contributed by atoms with van der Waals surface area (Å²) >= 11 is 3.73. The van der Waals surface area contributed by atoms with Gasteiger partial charge in [-0.15, -0.1) is 22.7 Å². The van der Waals surface area contributed by atoms with Gasteiger partial charge in [0.2, 0.25) is 0 Å². The molecule has 8 rings (SSSR count). The van der Waals surface area contributed by atoms with Gasteiger partial charge in [0, 0.05) is 63.9 Å². The van der Waals surface area contributed by atoms with Crippen LogP contribution in [0.2, 0.25) is 0 Å². The molecule has 0 atom stereocenters. The third kappa shape index (κ3) is 4.98. The first-order valence-corrected chi connectivity index (χ1v) is 18.2. The van der Waals surface area contributed by atoms with Crippen LogP contribution in [0.25, 0.3) is 31.3 Å². The number of rotatable bonds is 5. The Morgan fingerprint density at radius 3 is 2.05 bits per heavy atom. The summed E-state index contributed by atoms with van der Waals surface area (Å²) in [5.41, 5.74) is 3.75.